The van der Waals surface area contributed by atoms with E-state index in [4.69, 9.17) is 4.98 Å². The predicted molar refractivity (Wildman–Crippen MR) is 114 cm³/mol. The minimum atomic E-state index is -0.0525. The highest BCUT2D eigenvalue weighted by molar-refractivity contribution is 7.22. The van der Waals surface area contributed by atoms with Crippen LogP contribution in [0.15, 0.2) is 30.5 Å². The largest absolute Gasteiger partial charge is 0.308 e. The van der Waals surface area contributed by atoms with Crippen LogP contribution < -0.4 is 4.90 Å². The van der Waals surface area contributed by atoms with Crippen molar-refractivity contribution in [3.05, 3.63) is 41.7 Å². The number of rotatable bonds is 7. The quantitative estimate of drug-likeness (QED) is 0.599. The molecule has 8 heteroatoms. The van der Waals surface area contributed by atoms with Crippen molar-refractivity contribution in [2.75, 3.05) is 32.1 Å². The molecule has 2 heterocycles. The molecule has 0 atom stereocenters. The van der Waals surface area contributed by atoms with Gasteiger partial charge in [-0.2, -0.15) is 5.10 Å². The number of amides is 1. The summed E-state index contributed by atoms with van der Waals surface area (Å²) in [5.74, 6) is -0.0525. The fraction of sp³-hybridized carbons (Fsp3) is 0.421. The van der Waals surface area contributed by atoms with Gasteiger partial charge < -0.3 is 4.90 Å². The van der Waals surface area contributed by atoms with Gasteiger partial charge in [0.2, 0.25) is 0 Å². The van der Waals surface area contributed by atoms with E-state index in [1.807, 2.05) is 21.0 Å². The molecule has 3 rings (SSSR count). The molecular formula is C19H26ClN5OS. The van der Waals surface area contributed by atoms with Crippen LogP contribution in [0.3, 0.4) is 0 Å². The van der Waals surface area contributed by atoms with Crippen molar-refractivity contribution in [1.82, 2.24) is 19.7 Å². The second-order valence-corrected chi connectivity index (χ2v) is 7.42. The standard InChI is InChI=1S/C19H25N5OS.ClH/c1-5-14-8-7-9-16-17(14)21-19(26-16)23(13-12-22(3)4)18(25)15-10-11-20-24(15)6-2;/h7-11H,5-6,12-13H2,1-4H3;1H. The Balaban J connectivity index is 0.00000261. The second-order valence-electron chi connectivity index (χ2n) is 6.41. The zero-order valence-electron chi connectivity index (χ0n) is 16.2. The molecule has 0 unspecified atom stereocenters. The number of para-hydroxylation sites is 1. The Bertz CT molecular complexity index is 905. The van der Waals surface area contributed by atoms with E-state index in [1.165, 1.54) is 5.56 Å². The number of aryl methyl sites for hydroxylation is 2. The molecule has 1 amide bonds. The number of fused-ring (bicyclic) bond motifs is 1. The Labute approximate surface area is 170 Å². The average Bonchev–Trinajstić information content (AvgIpc) is 3.27. The lowest BCUT2D eigenvalue weighted by atomic mass is 10.1. The maximum Gasteiger partial charge on any atom is 0.278 e. The van der Waals surface area contributed by atoms with Gasteiger partial charge in [0.05, 0.1) is 10.2 Å². The summed E-state index contributed by atoms with van der Waals surface area (Å²) < 4.78 is 2.85. The monoisotopic (exact) mass is 407 g/mol. The highest BCUT2D eigenvalue weighted by atomic mass is 35.5. The van der Waals surface area contributed by atoms with Gasteiger partial charge in [0.25, 0.3) is 5.91 Å². The van der Waals surface area contributed by atoms with Gasteiger partial charge in [-0.05, 0) is 45.1 Å². The number of hydrogen-bond donors (Lipinski definition) is 0. The summed E-state index contributed by atoms with van der Waals surface area (Å²) in [5, 5.41) is 4.99. The summed E-state index contributed by atoms with van der Waals surface area (Å²) in [7, 11) is 4.01. The molecule has 0 fully saturated rings. The van der Waals surface area contributed by atoms with Crippen molar-refractivity contribution in [3.63, 3.8) is 0 Å². The van der Waals surface area contributed by atoms with Crippen molar-refractivity contribution < 1.29 is 4.79 Å². The van der Waals surface area contributed by atoms with E-state index in [1.54, 1.807) is 33.2 Å². The topological polar surface area (TPSA) is 54.3 Å². The maximum absolute atomic E-state index is 13.2. The molecular weight excluding hydrogens is 382 g/mol. The Morgan fingerprint density at radius 1 is 1.19 bits per heavy atom. The number of nitrogens with zero attached hydrogens (tertiary/aromatic N) is 5. The molecule has 0 aliphatic rings. The van der Waals surface area contributed by atoms with Crippen molar-refractivity contribution in [1.29, 1.82) is 0 Å². The van der Waals surface area contributed by atoms with E-state index in [0.717, 1.165) is 28.3 Å². The first kappa shape index (κ1) is 21.3. The normalized spacial score (nSPS) is 11.0. The molecule has 0 spiro atoms. The molecule has 0 aliphatic carbocycles. The van der Waals surface area contributed by atoms with Crippen LogP contribution in [0.5, 0.6) is 0 Å². The fourth-order valence-electron chi connectivity index (χ4n) is 2.88. The number of carbonyl (C=O) groups is 1. The van der Waals surface area contributed by atoms with Crippen LogP contribution in [-0.4, -0.2) is 52.8 Å². The summed E-state index contributed by atoms with van der Waals surface area (Å²) in [6.07, 6.45) is 2.60. The lowest BCUT2D eigenvalue weighted by Crippen LogP contribution is -2.37. The van der Waals surface area contributed by atoms with E-state index in [9.17, 15) is 4.79 Å². The van der Waals surface area contributed by atoms with Crippen LogP contribution in [-0.2, 0) is 13.0 Å². The van der Waals surface area contributed by atoms with E-state index in [-0.39, 0.29) is 18.3 Å². The number of aromatic nitrogens is 3. The summed E-state index contributed by atoms with van der Waals surface area (Å²) >= 11 is 1.57. The van der Waals surface area contributed by atoms with Gasteiger partial charge in [0, 0.05) is 25.8 Å². The second kappa shape index (κ2) is 9.30. The lowest BCUT2D eigenvalue weighted by molar-refractivity contribution is 0.0975. The summed E-state index contributed by atoms with van der Waals surface area (Å²) in [4.78, 5) is 21.9. The minimum absolute atomic E-state index is 0. The number of likely N-dealkylation sites (N-methyl/N-ethyl adjacent to an activating group) is 1. The number of halogens is 1. The SMILES string of the molecule is CCc1cccc2sc(N(CCN(C)C)C(=O)c3ccnn3CC)nc12.Cl. The van der Waals surface area contributed by atoms with Gasteiger partial charge in [-0.15, -0.1) is 12.4 Å². The molecule has 0 N–H and O–H groups in total. The number of thiazole rings is 1. The third-order valence-electron chi connectivity index (χ3n) is 4.35. The third-order valence-corrected chi connectivity index (χ3v) is 5.40. The van der Waals surface area contributed by atoms with E-state index in [2.05, 4.69) is 35.1 Å². The Kier molecular flexibility index (Phi) is 7.35. The molecule has 0 radical (unpaired) electrons. The number of hydrogen-bond acceptors (Lipinski definition) is 5. The number of anilines is 1. The van der Waals surface area contributed by atoms with Crippen molar-refractivity contribution in [2.24, 2.45) is 0 Å². The zero-order chi connectivity index (χ0) is 18.7. The van der Waals surface area contributed by atoms with Gasteiger partial charge in [-0.3, -0.25) is 14.4 Å². The van der Waals surface area contributed by atoms with E-state index >= 15 is 0 Å². The molecule has 146 valence electrons. The van der Waals surface area contributed by atoms with Crippen molar-refractivity contribution in [2.45, 2.75) is 26.8 Å². The van der Waals surface area contributed by atoms with Gasteiger partial charge >= 0.3 is 0 Å². The van der Waals surface area contributed by atoms with Crippen LogP contribution in [0.4, 0.5) is 5.13 Å². The van der Waals surface area contributed by atoms with Crippen LogP contribution in [0, 0.1) is 0 Å². The summed E-state index contributed by atoms with van der Waals surface area (Å²) in [5.41, 5.74) is 2.81. The smallest absolute Gasteiger partial charge is 0.278 e. The molecule has 0 bridgehead atoms. The first-order valence-electron chi connectivity index (χ1n) is 8.92. The van der Waals surface area contributed by atoms with E-state index in [0.29, 0.717) is 18.8 Å². The molecule has 27 heavy (non-hydrogen) atoms. The van der Waals surface area contributed by atoms with Crippen molar-refractivity contribution >= 4 is 45.0 Å². The highest BCUT2D eigenvalue weighted by Crippen LogP contribution is 2.31. The summed E-state index contributed by atoms with van der Waals surface area (Å²) in [6, 6.07) is 8.01. The van der Waals surface area contributed by atoms with Gasteiger partial charge in [0.1, 0.15) is 5.69 Å². The predicted octanol–water partition coefficient (Wildman–Crippen LogP) is 3.71. The number of carbonyl (C=O) groups excluding carboxylic acids is 1. The summed E-state index contributed by atoms with van der Waals surface area (Å²) in [6.45, 7) is 6.13. The Morgan fingerprint density at radius 2 is 1.96 bits per heavy atom. The van der Waals surface area contributed by atoms with Gasteiger partial charge in [0.15, 0.2) is 5.13 Å². The molecule has 2 aromatic heterocycles. The Morgan fingerprint density at radius 3 is 2.63 bits per heavy atom. The lowest BCUT2D eigenvalue weighted by Gasteiger charge is -2.22. The molecule has 0 saturated heterocycles. The van der Waals surface area contributed by atoms with Gasteiger partial charge in [-0.1, -0.05) is 30.4 Å². The molecule has 1 aromatic carbocycles. The molecule has 3 aromatic rings. The van der Waals surface area contributed by atoms with Gasteiger partial charge in [-0.25, -0.2) is 4.98 Å². The van der Waals surface area contributed by atoms with Crippen LogP contribution in [0.25, 0.3) is 10.2 Å². The van der Waals surface area contributed by atoms with Crippen LogP contribution in [0.2, 0.25) is 0 Å². The van der Waals surface area contributed by atoms with E-state index < -0.39 is 0 Å². The molecule has 6 nitrogen and oxygen atoms in total. The first-order chi connectivity index (χ1) is 12.5. The molecule has 0 saturated carbocycles. The Hall–Kier alpha value is -1.96. The van der Waals surface area contributed by atoms with Crippen LogP contribution in [0.1, 0.15) is 29.9 Å². The third kappa shape index (κ3) is 4.48. The van der Waals surface area contributed by atoms with Crippen molar-refractivity contribution in [3.8, 4) is 0 Å². The fourth-order valence-corrected chi connectivity index (χ4v) is 3.92. The van der Waals surface area contributed by atoms with Crippen LogP contribution >= 0.6 is 23.7 Å². The highest BCUT2D eigenvalue weighted by Gasteiger charge is 2.24. The maximum atomic E-state index is 13.2. The average molecular weight is 408 g/mol. The minimum Gasteiger partial charge on any atom is -0.308 e. The zero-order valence-corrected chi connectivity index (χ0v) is 17.8. The molecule has 0 aliphatic heterocycles. The number of benzene rings is 1. The first-order valence-corrected chi connectivity index (χ1v) is 9.73.